The van der Waals surface area contributed by atoms with Gasteiger partial charge in [-0.1, -0.05) is 18.2 Å². The molecule has 122 valence electrons. The van der Waals surface area contributed by atoms with Gasteiger partial charge in [0, 0.05) is 44.8 Å². The van der Waals surface area contributed by atoms with E-state index in [0.717, 1.165) is 38.1 Å². The van der Waals surface area contributed by atoms with E-state index in [9.17, 15) is 0 Å². The van der Waals surface area contributed by atoms with Crippen LogP contribution in [0.3, 0.4) is 0 Å². The molecule has 1 aromatic rings. The van der Waals surface area contributed by atoms with Crippen LogP contribution in [0.5, 0.6) is 5.75 Å². The lowest BCUT2D eigenvalue weighted by Crippen LogP contribution is -2.48. The number of nitrogens with two attached hydrogens (primary N) is 1. The van der Waals surface area contributed by atoms with Crippen molar-refractivity contribution in [2.75, 3.05) is 20.2 Å². The van der Waals surface area contributed by atoms with Crippen molar-refractivity contribution in [3.63, 3.8) is 0 Å². The predicted octanol–water partition coefficient (Wildman–Crippen LogP) is 2.34. The zero-order chi connectivity index (χ0) is 15.7. The van der Waals surface area contributed by atoms with Crippen LogP contribution in [-0.4, -0.2) is 42.8 Å². The largest absolute Gasteiger partial charge is 0.487 e. The molecule has 1 aromatic carbocycles. The second-order valence-corrected chi connectivity index (χ2v) is 7.19. The smallest absolute Gasteiger partial charge is 0.127 e. The minimum atomic E-state index is -0.0885. The molecule has 0 bridgehead atoms. The third kappa shape index (κ3) is 3.14. The van der Waals surface area contributed by atoms with Crippen LogP contribution >= 0.6 is 0 Å². The molecular formula is C18H28N2O2. The average molecular weight is 304 g/mol. The van der Waals surface area contributed by atoms with Crippen molar-refractivity contribution >= 4 is 0 Å². The first-order chi connectivity index (χ1) is 10.5. The fourth-order valence-electron chi connectivity index (χ4n) is 3.75. The van der Waals surface area contributed by atoms with E-state index in [1.165, 1.54) is 11.1 Å². The fraction of sp³-hybridized carbons (Fsp3) is 0.667. The van der Waals surface area contributed by atoms with Crippen LogP contribution in [0.1, 0.15) is 37.8 Å². The van der Waals surface area contributed by atoms with Crippen molar-refractivity contribution < 1.29 is 9.47 Å². The first-order valence-electron chi connectivity index (χ1n) is 8.29. The number of piperidine rings is 1. The average Bonchev–Trinajstić information content (AvgIpc) is 2.82. The fourth-order valence-corrected chi connectivity index (χ4v) is 3.75. The van der Waals surface area contributed by atoms with E-state index in [-0.39, 0.29) is 5.60 Å². The Hall–Kier alpha value is -1.10. The van der Waals surface area contributed by atoms with Crippen LogP contribution in [0.15, 0.2) is 18.2 Å². The van der Waals surface area contributed by atoms with Crippen molar-refractivity contribution in [3.05, 3.63) is 29.3 Å². The van der Waals surface area contributed by atoms with Gasteiger partial charge in [-0.3, -0.25) is 4.90 Å². The van der Waals surface area contributed by atoms with Gasteiger partial charge in [0.25, 0.3) is 0 Å². The molecule has 2 N–H and O–H groups in total. The molecule has 0 saturated carbocycles. The quantitative estimate of drug-likeness (QED) is 0.927. The van der Waals surface area contributed by atoms with Crippen LogP contribution in [0.2, 0.25) is 0 Å². The summed E-state index contributed by atoms with van der Waals surface area (Å²) < 4.78 is 11.7. The van der Waals surface area contributed by atoms with E-state index in [1.54, 1.807) is 7.11 Å². The third-order valence-electron chi connectivity index (χ3n) is 4.94. The van der Waals surface area contributed by atoms with Crippen molar-refractivity contribution in [2.24, 2.45) is 5.73 Å². The summed E-state index contributed by atoms with van der Waals surface area (Å²) >= 11 is 0. The van der Waals surface area contributed by atoms with E-state index >= 15 is 0 Å². The molecule has 4 nitrogen and oxygen atoms in total. The summed E-state index contributed by atoms with van der Waals surface area (Å²) in [6, 6.07) is 6.92. The highest BCUT2D eigenvalue weighted by molar-refractivity contribution is 5.45. The maximum atomic E-state index is 6.20. The molecule has 22 heavy (non-hydrogen) atoms. The lowest BCUT2D eigenvalue weighted by atomic mass is 9.97. The van der Waals surface area contributed by atoms with Gasteiger partial charge < -0.3 is 15.2 Å². The normalized spacial score (nSPS) is 27.5. The van der Waals surface area contributed by atoms with E-state index in [0.29, 0.717) is 18.7 Å². The minimum absolute atomic E-state index is 0.0885. The molecule has 0 radical (unpaired) electrons. The standard InChI is InChI=1S/C18H28N2O2/c1-18(2)10-13-5-4-6-14(17(13)22-18)12-20-8-7-16(21-3)9-15(20)11-19/h4-6,15-16H,7-12,19H2,1-3H3. The maximum absolute atomic E-state index is 6.20. The van der Waals surface area contributed by atoms with Gasteiger partial charge in [-0.2, -0.15) is 0 Å². The summed E-state index contributed by atoms with van der Waals surface area (Å²) in [6.07, 6.45) is 3.44. The van der Waals surface area contributed by atoms with Crippen molar-refractivity contribution in [3.8, 4) is 5.75 Å². The highest BCUT2D eigenvalue weighted by atomic mass is 16.5. The number of nitrogens with zero attached hydrogens (tertiary/aromatic N) is 1. The summed E-state index contributed by atoms with van der Waals surface area (Å²) in [5, 5.41) is 0. The van der Waals surface area contributed by atoms with E-state index in [2.05, 4.69) is 36.9 Å². The number of likely N-dealkylation sites (tertiary alicyclic amines) is 1. The highest BCUT2D eigenvalue weighted by Crippen LogP contribution is 2.38. The molecule has 2 aliphatic rings. The summed E-state index contributed by atoms with van der Waals surface area (Å²) in [7, 11) is 1.80. The summed E-state index contributed by atoms with van der Waals surface area (Å²) in [5.74, 6) is 1.09. The Labute approximate surface area is 133 Å². The van der Waals surface area contributed by atoms with Gasteiger partial charge in [-0.25, -0.2) is 0 Å². The van der Waals surface area contributed by atoms with Crippen molar-refractivity contribution in [1.29, 1.82) is 0 Å². The molecule has 0 spiro atoms. The Bertz CT molecular complexity index is 530. The monoisotopic (exact) mass is 304 g/mol. The Morgan fingerprint density at radius 3 is 2.95 bits per heavy atom. The molecule has 1 saturated heterocycles. The lowest BCUT2D eigenvalue weighted by molar-refractivity contribution is 0.00974. The molecule has 0 amide bonds. The van der Waals surface area contributed by atoms with Crippen LogP contribution in [0.4, 0.5) is 0 Å². The molecule has 2 unspecified atom stereocenters. The number of rotatable bonds is 4. The van der Waals surface area contributed by atoms with Gasteiger partial charge in [0.05, 0.1) is 6.10 Å². The topological polar surface area (TPSA) is 47.7 Å². The zero-order valence-electron chi connectivity index (χ0n) is 14.0. The minimum Gasteiger partial charge on any atom is -0.487 e. The molecule has 2 aliphatic heterocycles. The van der Waals surface area contributed by atoms with Crippen LogP contribution in [-0.2, 0) is 17.7 Å². The Morgan fingerprint density at radius 1 is 1.41 bits per heavy atom. The predicted molar refractivity (Wildman–Crippen MR) is 88.1 cm³/mol. The van der Waals surface area contributed by atoms with Gasteiger partial charge >= 0.3 is 0 Å². The number of hydrogen-bond acceptors (Lipinski definition) is 4. The van der Waals surface area contributed by atoms with Gasteiger partial charge in [-0.05, 0) is 32.3 Å². The van der Waals surface area contributed by atoms with Gasteiger partial charge in [0.2, 0.25) is 0 Å². The SMILES string of the molecule is COC1CCN(Cc2cccc3c2OC(C)(C)C3)C(CN)C1. The summed E-state index contributed by atoms with van der Waals surface area (Å²) in [6.45, 7) is 6.94. The Morgan fingerprint density at radius 2 is 2.23 bits per heavy atom. The molecule has 2 heterocycles. The van der Waals surface area contributed by atoms with Gasteiger partial charge in [0.15, 0.2) is 0 Å². The first kappa shape index (κ1) is 15.8. The van der Waals surface area contributed by atoms with Gasteiger partial charge in [-0.15, -0.1) is 0 Å². The molecule has 3 rings (SSSR count). The summed E-state index contributed by atoms with van der Waals surface area (Å²) in [4.78, 5) is 2.49. The zero-order valence-corrected chi connectivity index (χ0v) is 14.0. The van der Waals surface area contributed by atoms with Crippen molar-refractivity contribution in [1.82, 2.24) is 4.90 Å². The van der Waals surface area contributed by atoms with Crippen LogP contribution in [0, 0.1) is 0 Å². The van der Waals surface area contributed by atoms with E-state index < -0.39 is 0 Å². The maximum Gasteiger partial charge on any atom is 0.127 e. The lowest BCUT2D eigenvalue weighted by Gasteiger charge is -2.38. The molecule has 2 atom stereocenters. The molecule has 0 aliphatic carbocycles. The van der Waals surface area contributed by atoms with Crippen molar-refractivity contribution in [2.45, 2.75) is 57.4 Å². The van der Waals surface area contributed by atoms with E-state index in [1.807, 2.05) is 0 Å². The second-order valence-electron chi connectivity index (χ2n) is 7.19. The summed E-state index contributed by atoms with van der Waals surface area (Å²) in [5.41, 5.74) is 8.52. The van der Waals surface area contributed by atoms with Crippen LogP contribution in [0.25, 0.3) is 0 Å². The second kappa shape index (κ2) is 6.19. The van der Waals surface area contributed by atoms with Crippen LogP contribution < -0.4 is 10.5 Å². The Kier molecular flexibility index (Phi) is 4.44. The number of benzene rings is 1. The molecular weight excluding hydrogens is 276 g/mol. The Balaban J connectivity index is 1.76. The number of para-hydroxylation sites is 1. The number of methoxy groups -OCH3 is 1. The number of ether oxygens (including phenoxy) is 2. The van der Waals surface area contributed by atoms with Gasteiger partial charge in [0.1, 0.15) is 11.4 Å². The number of fused-ring (bicyclic) bond motifs is 1. The molecule has 4 heteroatoms. The first-order valence-corrected chi connectivity index (χ1v) is 8.29. The molecule has 0 aromatic heterocycles. The van der Waals surface area contributed by atoms with E-state index in [4.69, 9.17) is 15.2 Å². The third-order valence-corrected chi connectivity index (χ3v) is 4.94. The number of hydrogen-bond donors (Lipinski definition) is 1. The highest BCUT2D eigenvalue weighted by Gasteiger charge is 2.33. The molecule has 1 fully saturated rings.